The van der Waals surface area contributed by atoms with Crippen LogP contribution in [0.5, 0.6) is 0 Å². The molecule has 7 heteroatoms. The van der Waals surface area contributed by atoms with Gasteiger partial charge in [-0.15, -0.1) is 0 Å². The number of benzene rings is 1. The van der Waals surface area contributed by atoms with Crippen LogP contribution in [0.2, 0.25) is 0 Å². The van der Waals surface area contributed by atoms with Crippen LogP contribution >= 0.6 is 12.2 Å². The Labute approximate surface area is 159 Å². The highest BCUT2D eigenvalue weighted by atomic mass is 32.1. The van der Waals surface area contributed by atoms with E-state index >= 15 is 0 Å². The lowest BCUT2D eigenvalue weighted by Crippen LogP contribution is -2.37. The minimum atomic E-state index is 0.00140. The first-order chi connectivity index (χ1) is 12.5. The maximum absolute atomic E-state index is 12.9. The van der Waals surface area contributed by atoms with E-state index in [1.807, 2.05) is 24.0 Å². The first-order valence-corrected chi connectivity index (χ1v) is 9.33. The molecule has 0 atom stereocenters. The lowest BCUT2D eigenvalue weighted by molar-refractivity contribution is 0.0714. The van der Waals surface area contributed by atoms with Crippen molar-refractivity contribution >= 4 is 34.6 Å². The van der Waals surface area contributed by atoms with Gasteiger partial charge >= 0.3 is 0 Å². The zero-order valence-electron chi connectivity index (χ0n) is 15.5. The third-order valence-electron chi connectivity index (χ3n) is 4.66. The smallest absolute Gasteiger partial charge is 0.274 e. The van der Waals surface area contributed by atoms with Gasteiger partial charge in [0.15, 0.2) is 5.11 Å². The summed E-state index contributed by atoms with van der Waals surface area (Å²) in [4.78, 5) is 14.8. The highest BCUT2D eigenvalue weighted by Gasteiger charge is 2.24. The molecule has 1 aliphatic rings. The van der Waals surface area contributed by atoms with Crippen molar-refractivity contribution in [3.63, 3.8) is 0 Å². The van der Waals surface area contributed by atoms with Crippen LogP contribution in [0, 0.1) is 13.8 Å². The minimum Gasteiger partial charge on any atom is -0.337 e. The molecule has 2 aromatic rings. The van der Waals surface area contributed by atoms with E-state index in [2.05, 4.69) is 28.7 Å². The lowest BCUT2D eigenvalue weighted by atomic mass is 10.1. The number of aryl methyl sites for hydroxylation is 3. The van der Waals surface area contributed by atoms with Crippen LogP contribution in [0.3, 0.4) is 0 Å². The molecule has 0 spiro atoms. The van der Waals surface area contributed by atoms with Crippen LogP contribution < -0.4 is 10.6 Å². The maximum atomic E-state index is 12.9. The zero-order valence-corrected chi connectivity index (χ0v) is 16.3. The molecule has 1 aliphatic heterocycles. The summed E-state index contributed by atoms with van der Waals surface area (Å²) in [5.74, 6) is 0.00140. The number of carbonyl (C=O) groups is 1. The number of carbonyl (C=O) groups excluding carboxylic acids is 1. The summed E-state index contributed by atoms with van der Waals surface area (Å²) in [5.41, 5.74) is 4.43. The fourth-order valence-electron chi connectivity index (χ4n) is 3.26. The summed E-state index contributed by atoms with van der Waals surface area (Å²) in [6.45, 7) is 5.69. The molecule has 3 rings (SSSR count). The molecule has 1 fully saturated rings. The fourth-order valence-corrected chi connectivity index (χ4v) is 3.48. The molecule has 26 heavy (non-hydrogen) atoms. The molecule has 1 aromatic carbocycles. The molecular weight excluding hydrogens is 346 g/mol. The molecule has 0 bridgehead atoms. The summed E-state index contributed by atoms with van der Waals surface area (Å²) in [5, 5.41) is 11.0. The number of nitrogens with one attached hydrogen (secondary N) is 2. The van der Waals surface area contributed by atoms with Crippen molar-refractivity contribution in [2.75, 3.05) is 23.7 Å². The SMILES string of the molecule is Cc1ccc(NC(=S)Nc2cnn(C)c2C(=O)N2CCCCC2)c(C)c1. The number of anilines is 2. The number of piperidine rings is 1. The highest BCUT2D eigenvalue weighted by molar-refractivity contribution is 7.80. The number of likely N-dealkylation sites (tertiary alicyclic amines) is 1. The number of aromatic nitrogens is 2. The molecule has 0 radical (unpaired) electrons. The van der Waals surface area contributed by atoms with Crippen molar-refractivity contribution in [3.8, 4) is 0 Å². The van der Waals surface area contributed by atoms with Gasteiger partial charge < -0.3 is 15.5 Å². The molecule has 1 saturated heterocycles. The predicted octanol–water partition coefficient (Wildman–Crippen LogP) is 3.47. The molecule has 2 heterocycles. The van der Waals surface area contributed by atoms with Gasteiger partial charge in [0.05, 0.1) is 11.9 Å². The second-order valence-electron chi connectivity index (χ2n) is 6.78. The average molecular weight is 372 g/mol. The van der Waals surface area contributed by atoms with E-state index in [1.54, 1.807) is 17.9 Å². The van der Waals surface area contributed by atoms with Gasteiger partial charge in [-0.2, -0.15) is 5.10 Å². The number of hydrogen-bond acceptors (Lipinski definition) is 3. The molecule has 0 saturated carbocycles. The summed E-state index contributed by atoms with van der Waals surface area (Å²) >= 11 is 5.44. The van der Waals surface area contributed by atoms with E-state index in [-0.39, 0.29) is 5.91 Å². The van der Waals surface area contributed by atoms with Gasteiger partial charge in [-0.3, -0.25) is 9.48 Å². The minimum absolute atomic E-state index is 0.00140. The monoisotopic (exact) mass is 371 g/mol. The Hall–Kier alpha value is -2.41. The topological polar surface area (TPSA) is 62.2 Å². The van der Waals surface area contributed by atoms with Crippen molar-refractivity contribution < 1.29 is 4.79 Å². The molecule has 138 valence electrons. The normalized spacial score (nSPS) is 14.2. The molecule has 6 nitrogen and oxygen atoms in total. The van der Waals surface area contributed by atoms with Crippen molar-refractivity contribution in [1.82, 2.24) is 14.7 Å². The summed E-state index contributed by atoms with van der Waals surface area (Å²) in [6.07, 6.45) is 4.94. The Balaban J connectivity index is 1.73. The maximum Gasteiger partial charge on any atom is 0.274 e. The Morgan fingerprint density at radius 2 is 1.81 bits per heavy atom. The van der Waals surface area contributed by atoms with Gasteiger partial charge in [0.1, 0.15) is 5.69 Å². The van der Waals surface area contributed by atoms with Gasteiger partial charge in [0, 0.05) is 25.8 Å². The van der Waals surface area contributed by atoms with Gasteiger partial charge in [0.25, 0.3) is 5.91 Å². The highest BCUT2D eigenvalue weighted by Crippen LogP contribution is 2.21. The van der Waals surface area contributed by atoms with Gasteiger partial charge in [-0.05, 0) is 57.0 Å². The summed E-state index contributed by atoms with van der Waals surface area (Å²) in [6, 6.07) is 6.13. The summed E-state index contributed by atoms with van der Waals surface area (Å²) < 4.78 is 1.61. The number of thiocarbonyl (C=S) groups is 1. The number of hydrogen-bond donors (Lipinski definition) is 2. The van der Waals surface area contributed by atoms with Gasteiger partial charge in [-0.1, -0.05) is 17.7 Å². The van der Waals surface area contributed by atoms with Crippen LogP contribution in [-0.4, -0.2) is 38.8 Å². The number of nitrogens with zero attached hydrogens (tertiary/aromatic N) is 3. The molecular formula is C19H25N5OS. The standard InChI is InChI=1S/C19H25N5OS/c1-13-7-8-15(14(2)11-13)21-19(26)22-16-12-20-23(3)17(16)18(25)24-9-5-4-6-10-24/h7-8,11-12H,4-6,9-10H2,1-3H3,(H2,21,22,26). The van der Waals surface area contributed by atoms with Gasteiger partial charge in [0.2, 0.25) is 0 Å². The van der Waals surface area contributed by atoms with Crippen molar-refractivity contribution in [2.24, 2.45) is 7.05 Å². The van der Waals surface area contributed by atoms with E-state index < -0.39 is 0 Å². The van der Waals surface area contributed by atoms with Crippen molar-refractivity contribution in [3.05, 3.63) is 41.2 Å². The van der Waals surface area contributed by atoms with Crippen LogP contribution in [0.4, 0.5) is 11.4 Å². The Kier molecular flexibility index (Phi) is 5.56. The third kappa shape index (κ3) is 4.04. The average Bonchev–Trinajstić information content (AvgIpc) is 2.98. The molecule has 0 aliphatic carbocycles. The largest absolute Gasteiger partial charge is 0.337 e. The first-order valence-electron chi connectivity index (χ1n) is 8.92. The van der Waals surface area contributed by atoms with E-state index in [0.29, 0.717) is 16.5 Å². The molecule has 1 aromatic heterocycles. The molecule has 2 N–H and O–H groups in total. The quantitative estimate of drug-likeness (QED) is 0.809. The summed E-state index contributed by atoms with van der Waals surface area (Å²) in [7, 11) is 1.78. The fraction of sp³-hybridized carbons (Fsp3) is 0.421. The second-order valence-corrected chi connectivity index (χ2v) is 7.19. The lowest BCUT2D eigenvalue weighted by Gasteiger charge is -2.27. The van der Waals surface area contributed by atoms with Crippen LogP contribution in [0.1, 0.15) is 40.9 Å². The van der Waals surface area contributed by atoms with Crippen LogP contribution in [0.25, 0.3) is 0 Å². The molecule has 0 unspecified atom stereocenters. The van der Waals surface area contributed by atoms with E-state index in [4.69, 9.17) is 12.2 Å². The van der Waals surface area contributed by atoms with E-state index in [1.165, 1.54) is 12.0 Å². The first kappa shape index (κ1) is 18.4. The third-order valence-corrected chi connectivity index (χ3v) is 4.87. The predicted molar refractivity (Wildman–Crippen MR) is 109 cm³/mol. The van der Waals surface area contributed by atoms with Crippen molar-refractivity contribution in [1.29, 1.82) is 0 Å². The Morgan fingerprint density at radius 1 is 1.12 bits per heavy atom. The van der Waals surface area contributed by atoms with Crippen molar-refractivity contribution in [2.45, 2.75) is 33.1 Å². The molecule has 1 amide bonds. The Bertz CT molecular complexity index is 823. The number of amides is 1. The van der Waals surface area contributed by atoms with Crippen LogP contribution in [-0.2, 0) is 7.05 Å². The second kappa shape index (κ2) is 7.86. The van der Waals surface area contributed by atoms with E-state index in [9.17, 15) is 4.79 Å². The Morgan fingerprint density at radius 3 is 2.50 bits per heavy atom. The zero-order chi connectivity index (χ0) is 18.7. The number of rotatable bonds is 3. The van der Waals surface area contributed by atoms with Crippen LogP contribution in [0.15, 0.2) is 24.4 Å². The van der Waals surface area contributed by atoms with Gasteiger partial charge in [-0.25, -0.2) is 0 Å². The van der Waals surface area contributed by atoms with E-state index in [0.717, 1.165) is 37.2 Å².